The second-order valence-corrected chi connectivity index (χ2v) is 6.99. The number of nitrogens with one attached hydrogen (secondary N) is 1. The monoisotopic (exact) mass is 398 g/mol. The van der Waals surface area contributed by atoms with Crippen LogP contribution >= 0.6 is 11.6 Å². The molecule has 146 valence electrons. The second kappa shape index (κ2) is 8.91. The van der Waals surface area contributed by atoms with Crippen LogP contribution in [0.15, 0.2) is 60.8 Å². The number of aromatic nitrogens is 2. The van der Waals surface area contributed by atoms with E-state index in [9.17, 15) is 4.79 Å². The number of hydrogen-bond acceptors (Lipinski definition) is 4. The third-order valence-corrected chi connectivity index (χ3v) is 4.71. The maximum atomic E-state index is 12.6. The Bertz CT molecular complexity index is 955. The minimum Gasteiger partial charge on any atom is -0.496 e. The SMILES string of the molecule is COc1ccccc1C(CNC(=O)c1ccn(-c2cccc(Cl)c2)n1)N(C)C. The lowest BCUT2D eigenvalue weighted by Crippen LogP contribution is -2.35. The molecule has 1 N–H and O–H groups in total. The zero-order chi connectivity index (χ0) is 20.1. The van der Waals surface area contributed by atoms with E-state index in [1.807, 2.05) is 55.4 Å². The Morgan fingerprint density at radius 1 is 1.21 bits per heavy atom. The van der Waals surface area contributed by atoms with Crippen molar-refractivity contribution in [1.82, 2.24) is 20.0 Å². The van der Waals surface area contributed by atoms with Gasteiger partial charge in [-0.2, -0.15) is 5.10 Å². The number of nitrogens with zero attached hydrogens (tertiary/aromatic N) is 3. The van der Waals surface area contributed by atoms with Crippen molar-refractivity contribution in [3.63, 3.8) is 0 Å². The Kier molecular flexibility index (Phi) is 6.34. The van der Waals surface area contributed by atoms with E-state index >= 15 is 0 Å². The number of amides is 1. The van der Waals surface area contributed by atoms with Crippen LogP contribution in [0.4, 0.5) is 0 Å². The summed E-state index contributed by atoms with van der Waals surface area (Å²) in [5, 5.41) is 7.94. The third-order valence-electron chi connectivity index (χ3n) is 4.47. The van der Waals surface area contributed by atoms with E-state index in [1.54, 1.807) is 36.2 Å². The van der Waals surface area contributed by atoms with Crippen molar-refractivity contribution in [2.75, 3.05) is 27.7 Å². The van der Waals surface area contributed by atoms with Crippen molar-refractivity contribution in [2.24, 2.45) is 0 Å². The highest BCUT2D eigenvalue weighted by Gasteiger charge is 2.20. The molecule has 0 saturated heterocycles. The maximum absolute atomic E-state index is 12.6. The van der Waals surface area contributed by atoms with Crippen LogP contribution in [0.1, 0.15) is 22.1 Å². The highest BCUT2D eigenvalue weighted by Crippen LogP contribution is 2.27. The van der Waals surface area contributed by atoms with Crippen molar-refractivity contribution in [3.8, 4) is 11.4 Å². The summed E-state index contributed by atoms with van der Waals surface area (Å²) in [7, 11) is 5.58. The van der Waals surface area contributed by atoms with Gasteiger partial charge in [0, 0.05) is 23.3 Å². The largest absolute Gasteiger partial charge is 0.496 e. The van der Waals surface area contributed by atoms with Crippen LogP contribution in [0, 0.1) is 0 Å². The van der Waals surface area contributed by atoms with Gasteiger partial charge in [-0.15, -0.1) is 0 Å². The van der Waals surface area contributed by atoms with Crippen LogP contribution in [0.25, 0.3) is 5.69 Å². The fraction of sp³-hybridized carbons (Fsp3) is 0.238. The number of likely N-dealkylation sites (N-methyl/N-ethyl adjacent to an activating group) is 1. The van der Waals surface area contributed by atoms with E-state index in [1.165, 1.54) is 0 Å². The van der Waals surface area contributed by atoms with Gasteiger partial charge in [0.25, 0.3) is 5.91 Å². The predicted octanol–water partition coefficient (Wildman–Crippen LogP) is 3.57. The van der Waals surface area contributed by atoms with Gasteiger partial charge in [0.15, 0.2) is 5.69 Å². The molecule has 3 aromatic rings. The first-order chi connectivity index (χ1) is 13.5. The number of hydrogen-bond donors (Lipinski definition) is 1. The van der Waals surface area contributed by atoms with Gasteiger partial charge >= 0.3 is 0 Å². The minimum absolute atomic E-state index is 0.0323. The van der Waals surface area contributed by atoms with Crippen molar-refractivity contribution in [1.29, 1.82) is 0 Å². The molecule has 6 nitrogen and oxygen atoms in total. The Labute approximate surface area is 169 Å². The summed E-state index contributed by atoms with van der Waals surface area (Å²) >= 11 is 6.03. The number of benzene rings is 2. The molecule has 0 radical (unpaired) electrons. The van der Waals surface area contributed by atoms with Crippen molar-refractivity contribution >= 4 is 17.5 Å². The van der Waals surface area contributed by atoms with Crippen molar-refractivity contribution in [2.45, 2.75) is 6.04 Å². The summed E-state index contributed by atoms with van der Waals surface area (Å²) in [5.41, 5.74) is 2.16. The number of carbonyl (C=O) groups excluding carboxylic acids is 1. The normalized spacial score (nSPS) is 12.0. The Hall–Kier alpha value is -2.83. The molecule has 1 atom stereocenters. The van der Waals surface area contributed by atoms with Gasteiger partial charge in [0.1, 0.15) is 5.75 Å². The summed E-state index contributed by atoms with van der Waals surface area (Å²) in [5.74, 6) is 0.559. The molecule has 0 fully saturated rings. The number of rotatable bonds is 7. The van der Waals surface area contributed by atoms with Gasteiger partial charge in [0.2, 0.25) is 0 Å². The van der Waals surface area contributed by atoms with E-state index < -0.39 is 0 Å². The fourth-order valence-electron chi connectivity index (χ4n) is 3.00. The molecule has 0 bridgehead atoms. The molecule has 1 unspecified atom stereocenters. The summed E-state index contributed by atoms with van der Waals surface area (Å²) in [6.07, 6.45) is 1.74. The number of para-hydroxylation sites is 1. The molecule has 0 aliphatic heterocycles. The molecule has 0 aliphatic carbocycles. The molecule has 0 saturated carbocycles. The Balaban J connectivity index is 1.72. The van der Waals surface area contributed by atoms with Gasteiger partial charge in [0.05, 0.1) is 18.8 Å². The van der Waals surface area contributed by atoms with E-state index in [0.29, 0.717) is 17.3 Å². The molecule has 0 aliphatic rings. The Morgan fingerprint density at radius 2 is 2.00 bits per heavy atom. The molecular formula is C21H23ClN4O2. The second-order valence-electron chi connectivity index (χ2n) is 6.56. The highest BCUT2D eigenvalue weighted by atomic mass is 35.5. The third kappa shape index (κ3) is 4.52. The van der Waals surface area contributed by atoms with Crippen LogP contribution in [0.3, 0.4) is 0 Å². The molecular weight excluding hydrogens is 376 g/mol. The van der Waals surface area contributed by atoms with Crippen molar-refractivity contribution in [3.05, 3.63) is 77.1 Å². The summed E-state index contributed by atoms with van der Waals surface area (Å²) in [4.78, 5) is 14.7. The standard InChI is InChI=1S/C21H23ClN4O2/c1-25(2)19(17-9-4-5-10-20(17)28-3)14-23-21(27)18-11-12-26(24-18)16-8-6-7-15(22)13-16/h4-13,19H,14H2,1-3H3,(H,23,27). The summed E-state index contributed by atoms with van der Waals surface area (Å²) < 4.78 is 7.09. The molecule has 0 spiro atoms. The van der Waals surface area contributed by atoms with Crippen LogP contribution in [-0.4, -0.2) is 48.3 Å². The van der Waals surface area contributed by atoms with Gasteiger partial charge in [-0.3, -0.25) is 4.79 Å². The van der Waals surface area contributed by atoms with E-state index in [2.05, 4.69) is 10.4 Å². The molecule has 3 rings (SSSR count). The quantitative estimate of drug-likeness (QED) is 0.661. The van der Waals surface area contributed by atoms with E-state index in [4.69, 9.17) is 16.3 Å². The van der Waals surface area contributed by atoms with E-state index in [-0.39, 0.29) is 11.9 Å². The number of halogens is 1. The van der Waals surface area contributed by atoms with Gasteiger partial charge in [-0.05, 0) is 44.4 Å². The molecule has 1 amide bonds. The highest BCUT2D eigenvalue weighted by molar-refractivity contribution is 6.30. The maximum Gasteiger partial charge on any atom is 0.271 e. The van der Waals surface area contributed by atoms with Gasteiger partial charge in [-0.1, -0.05) is 35.9 Å². The molecule has 7 heteroatoms. The smallest absolute Gasteiger partial charge is 0.271 e. The van der Waals surface area contributed by atoms with Gasteiger partial charge in [-0.25, -0.2) is 4.68 Å². The van der Waals surface area contributed by atoms with Crippen LogP contribution in [0.2, 0.25) is 5.02 Å². The molecule has 2 aromatic carbocycles. The summed E-state index contributed by atoms with van der Waals surface area (Å²) in [6, 6.07) is 16.8. The summed E-state index contributed by atoms with van der Waals surface area (Å²) in [6.45, 7) is 0.427. The molecule has 1 heterocycles. The zero-order valence-corrected chi connectivity index (χ0v) is 16.8. The lowest BCUT2D eigenvalue weighted by molar-refractivity contribution is 0.0936. The first-order valence-electron chi connectivity index (χ1n) is 8.88. The van der Waals surface area contributed by atoms with Crippen LogP contribution in [0.5, 0.6) is 5.75 Å². The van der Waals surface area contributed by atoms with Gasteiger partial charge < -0.3 is 15.0 Å². The predicted molar refractivity (Wildman–Crippen MR) is 110 cm³/mol. The van der Waals surface area contributed by atoms with Crippen LogP contribution in [-0.2, 0) is 0 Å². The van der Waals surface area contributed by atoms with E-state index in [0.717, 1.165) is 17.0 Å². The Morgan fingerprint density at radius 3 is 2.71 bits per heavy atom. The lowest BCUT2D eigenvalue weighted by Gasteiger charge is -2.26. The topological polar surface area (TPSA) is 59.4 Å². The first kappa shape index (κ1) is 19.9. The minimum atomic E-state index is -0.234. The average molecular weight is 399 g/mol. The number of methoxy groups -OCH3 is 1. The first-order valence-corrected chi connectivity index (χ1v) is 9.26. The van der Waals surface area contributed by atoms with Crippen molar-refractivity contribution < 1.29 is 9.53 Å². The van der Waals surface area contributed by atoms with Crippen LogP contribution < -0.4 is 10.1 Å². The fourth-order valence-corrected chi connectivity index (χ4v) is 3.18. The number of carbonyl (C=O) groups is 1. The lowest BCUT2D eigenvalue weighted by atomic mass is 10.0. The zero-order valence-electron chi connectivity index (χ0n) is 16.1. The molecule has 1 aromatic heterocycles. The average Bonchev–Trinajstić information content (AvgIpc) is 3.18. The molecule has 28 heavy (non-hydrogen) atoms. The number of ether oxygens (including phenoxy) is 1.